The zero-order chi connectivity index (χ0) is 15.1. The Balaban J connectivity index is 1.91. The third-order valence-electron chi connectivity index (χ3n) is 3.00. The lowest BCUT2D eigenvalue weighted by molar-refractivity contribution is -0.384. The summed E-state index contributed by atoms with van der Waals surface area (Å²) >= 11 is 0. The molecule has 5 heteroatoms. The smallest absolute Gasteiger partial charge is 0.271 e. The molecule has 106 valence electrons. The van der Waals surface area contributed by atoms with Crippen molar-refractivity contribution in [1.29, 1.82) is 5.26 Å². The molecule has 0 heterocycles. The molecule has 2 rings (SSSR count). The minimum absolute atomic E-state index is 0.108. The number of aryl methyl sites for hydroxylation is 1. The average molecular weight is 282 g/mol. The van der Waals surface area contributed by atoms with E-state index in [1.807, 2.05) is 36.4 Å². The van der Waals surface area contributed by atoms with E-state index in [-0.39, 0.29) is 11.3 Å². The highest BCUT2D eigenvalue weighted by molar-refractivity contribution is 5.50. The molecule has 0 fully saturated rings. The van der Waals surface area contributed by atoms with Crippen LogP contribution in [0.15, 0.2) is 48.5 Å². The number of benzene rings is 2. The fraction of sp³-hybridized carbons (Fsp3) is 0.188. The second-order valence-electron chi connectivity index (χ2n) is 4.49. The number of ether oxygens (including phenoxy) is 1. The van der Waals surface area contributed by atoms with E-state index in [1.165, 1.54) is 23.8 Å². The van der Waals surface area contributed by atoms with Crippen LogP contribution in [0.2, 0.25) is 0 Å². The molecule has 2 aromatic carbocycles. The van der Waals surface area contributed by atoms with Crippen LogP contribution in [0.3, 0.4) is 0 Å². The summed E-state index contributed by atoms with van der Waals surface area (Å²) in [5, 5.41) is 19.7. The molecule has 0 aromatic heterocycles. The van der Waals surface area contributed by atoms with Gasteiger partial charge in [-0.3, -0.25) is 10.1 Å². The first kappa shape index (κ1) is 14.5. The quantitative estimate of drug-likeness (QED) is 0.461. The number of hydrogen-bond acceptors (Lipinski definition) is 4. The Kier molecular flexibility index (Phi) is 4.89. The van der Waals surface area contributed by atoms with Gasteiger partial charge in [-0.1, -0.05) is 30.3 Å². The van der Waals surface area contributed by atoms with Crippen molar-refractivity contribution in [2.75, 3.05) is 6.61 Å². The summed E-state index contributed by atoms with van der Waals surface area (Å²) in [6.45, 7) is 0.460. The van der Waals surface area contributed by atoms with Gasteiger partial charge in [0.25, 0.3) is 5.69 Å². The minimum Gasteiger partial charge on any atom is -0.492 e. The van der Waals surface area contributed by atoms with E-state index in [2.05, 4.69) is 0 Å². The van der Waals surface area contributed by atoms with Crippen LogP contribution in [0.1, 0.15) is 17.5 Å². The van der Waals surface area contributed by atoms with E-state index in [0.717, 1.165) is 12.8 Å². The lowest BCUT2D eigenvalue weighted by Crippen LogP contribution is -2.01. The van der Waals surface area contributed by atoms with Crippen molar-refractivity contribution in [3.8, 4) is 11.8 Å². The van der Waals surface area contributed by atoms with Gasteiger partial charge in [-0.05, 0) is 24.5 Å². The average Bonchev–Trinajstić information content (AvgIpc) is 2.52. The van der Waals surface area contributed by atoms with E-state index in [9.17, 15) is 10.1 Å². The normalized spacial score (nSPS) is 9.86. The first-order chi connectivity index (χ1) is 10.2. The molecule has 5 nitrogen and oxygen atoms in total. The van der Waals surface area contributed by atoms with E-state index < -0.39 is 4.92 Å². The number of nitrogens with zero attached hydrogens (tertiary/aromatic N) is 2. The number of rotatable bonds is 6. The van der Waals surface area contributed by atoms with Crippen LogP contribution >= 0.6 is 0 Å². The van der Waals surface area contributed by atoms with Gasteiger partial charge in [0.2, 0.25) is 0 Å². The molecule has 0 bridgehead atoms. The number of nitriles is 1. The molecule has 2 aromatic rings. The fourth-order valence-electron chi connectivity index (χ4n) is 1.95. The van der Waals surface area contributed by atoms with Gasteiger partial charge in [0, 0.05) is 12.1 Å². The largest absolute Gasteiger partial charge is 0.492 e. The Morgan fingerprint density at radius 1 is 1.19 bits per heavy atom. The summed E-state index contributed by atoms with van der Waals surface area (Å²) in [7, 11) is 0. The van der Waals surface area contributed by atoms with Crippen molar-refractivity contribution in [3.63, 3.8) is 0 Å². The summed E-state index contributed by atoms with van der Waals surface area (Å²) in [5.74, 6) is 0.385. The monoisotopic (exact) mass is 282 g/mol. The number of hydrogen-bond donors (Lipinski definition) is 0. The standard InChI is InChI=1S/C16H14N2O3/c17-12-14-11-15(18(19)20)8-9-16(14)21-10-4-7-13-5-2-1-3-6-13/h1-3,5-6,8-9,11H,4,7,10H2. The lowest BCUT2D eigenvalue weighted by atomic mass is 10.1. The molecule has 0 aliphatic rings. The van der Waals surface area contributed by atoms with Crippen LogP contribution < -0.4 is 4.74 Å². The molecule has 0 radical (unpaired) electrons. The van der Waals surface area contributed by atoms with Crippen molar-refractivity contribution in [1.82, 2.24) is 0 Å². The highest BCUT2D eigenvalue weighted by Crippen LogP contribution is 2.23. The lowest BCUT2D eigenvalue weighted by Gasteiger charge is -2.07. The van der Waals surface area contributed by atoms with Crippen LogP contribution in [0.25, 0.3) is 0 Å². The predicted molar refractivity (Wildman–Crippen MR) is 78.1 cm³/mol. The third kappa shape index (κ3) is 4.05. The SMILES string of the molecule is N#Cc1cc([N+](=O)[O-])ccc1OCCCc1ccccc1. The van der Waals surface area contributed by atoms with Gasteiger partial charge in [0.15, 0.2) is 0 Å². The third-order valence-corrected chi connectivity index (χ3v) is 3.00. The van der Waals surface area contributed by atoms with Crippen molar-refractivity contribution in [2.45, 2.75) is 12.8 Å². The maximum atomic E-state index is 10.7. The summed E-state index contributed by atoms with van der Waals surface area (Å²) in [4.78, 5) is 10.1. The maximum absolute atomic E-state index is 10.7. The number of nitro benzene ring substituents is 1. The molecule has 0 aliphatic heterocycles. The second-order valence-corrected chi connectivity index (χ2v) is 4.49. The zero-order valence-electron chi connectivity index (χ0n) is 11.4. The first-order valence-corrected chi connectivity index (χ1v) is 6.56. The summed E-state index contributed by atoms with van der Waals surface area (Å²) in [6, 6.07) is 16.0. The van der Waals surface area contributed by atoms with Crippen LogP contribution in [0.4, 0.5) is 5.69 Å². The van der Waals surface area contributed by atoms with Gasteiger partial charge in [-0.25, -0.2) is 0 Å². The zero-order valence-corrected chi connectivity index (χ0v) is 11.4. The second kappa shape index (κ2) is 7.06. The van der Waals surface area contributed by atoms with Gasteiger partial charge in [-0.15, -0.1) is 0 Å². The number of non-ortho nitro benzene ring substituents is 1. The van der Waals surface area contributed by atoms with Crippen molar-refractivity contribution < 1.29 is 9.66 Å². The Hall–Kier alpha value is -2.87. The highest BCUT2D eigenvalue weighted by Gasteiger charge is 2.11. The molecular formula is C16H14N2O3. The molecule has 0 aliphatic carbocycles. The van der Waals surface area contributed by atoms with Gasteiger partial charge in [0.1, 0.15) is 17.4 Å². The van der Waals surface area contributed by atoms with E-state index in [4.69, 9.17) is 10.00 Å². The Labute approximate surface area is 122 Å². The highest BCUT2D eigenvalue weighted by atomic mass is 16.6. The molecule has 0 saturated heterocycles. The van der Waals surface area contributed by atoms with Crippen molar-refractivity contribution in [3.05, 3.63) is 69.8 Å². The van der Waals surface area contributed by atoms with Crippen LogP contribution in [-0.4, -0.2) is 11.5 Å². The predicted octanol–water partition coefficient (Wildman–Crippen LogP) is 3.48. The van der Waals surface area contributed by atoms with Crippen LogP contribution in [0.5, 0.6) is 5.75 Å². The molecule has 21 heavy (non-hydrogen) atoms. The van der Waals surface area contributed by atoms with Gasteiger partial charge in [0.05, 0.1) is 11.5 Å². The Morgan fingerprint density at radius 2 is 1.95 bits per heavy atom. The molecular weight excluding hydrogens is 268 g/mol. The number of nitro groups is 1. The topological polar surface area (TPSA) is 76.2 Å². The van der Waals surface area contributed by atoms with E-state index in [1.54, 1.807) is 0 Å². The van der Waals surface area contributed by atoms with Gasteiger partial charge < -0.3 is 4.74 Å². The minimum atomic E-state index is -0.528. The maximum Gasteiger partial charge on any atom is 0.271 e. The van der Waals surface area contributed by atoms with Crippen molar-refractivity contribution >= 4 is 5.69 Å². The Bertz CT molecular complexity index is 663. The Morgan fingerprint density at radius 3 is 2.62 bits per heavy atom. The molecule has 0 unspecified atom stereocenters. The summed E-state index contributed by atoms with van der Waals surface area (Å²) in [6.07, 6.45) is 1.70. The molecule has 0 atom stereocenters. The van der Waals surface area contributed by atoms with E-state index >= 15 is 0 Å². The van der Waals surface area contributed by atoms with Crippen LogP contribution in [-0.2, 0) is 6.42 Å². The van der Waals surface area contributed by atoms with Gasteiger partial charge >= 0.3 is 0 Å². The van der Waals surface area contributed by atoms with E-state index in [0.29, 0.717) is 12.4 Å². The summed E-state index contributed by atoms with van der Waals surface area (Å²) < 4.78 is 5.54. The molecule has 0 spiro atoms. The molecule has 0 saturated carbocycles. The fourth-order valence-corrected chi connectivity index (χ4v) is 1.95. The van der Waals surface area contributed by atoms with Crippen molar-refractivity contribution in [2.24, 2.45) is 0 Å². The summed E-state index contributed by atoms with van der Waals surface area (Å²) in [5.41, 5.74) is 1.30. The first-order valence-electron chi connectivity index (χ1n) is 6.56. The van der Waals surface area contributed by atoms with Gasteiger partial charge in [-0.2, -0.15) is 5.26 Å². The van der Waals surface area contributed by atoms with Crippen LogP contribution in [0, 0.1) is 21.4 Å². The molecule has 0 amide bonds. The molecule has 0 N–H and O–H groups in total.